The lowest BCUT2D eigenvalue weighted by Gasteiger charge is -2.24. The Hall–Kier alpha value is -1.95. The maximum Gasteiger partial charge on any atom is 0.408 e. The zero-order chi connectivity index (χ0) is 36.6. The molecule has 12 nitrogen and oxygen atoms in total. The van der Waals surface area contributed by atoms with E-state index in [-0.39, 0.29) is 19.3 Å². The predicted octanol–water partition coefficient (Wildman–Crippen LogP) is 6.96. The number of carbonyl (C=O) groups excluding carboxylic acids is 2. The largest absolute Gasteiger partial charge is 0.444 e. The Labute approximate surface area is 300 Å². The highest BCUT2D eigenvalue weighted by Crippen LogP contribution is 2.22. The number of ether oxygens (including phenoxy) is 2. The van der Waals surface area contributed by atoms with Gasteiger partial charge in [0.15, 0.2) is 0 Å². The third-order valence-corrected chi connectivity index (χ3v) is 6.70. The number of nitrogens with one attached hydrogen (secondary N) is 2. The fraction of sp³-hybridized carbons (Fsp3) is 0.533. The van der Waals surface area contributed by atoms with Gasteiger partial charge in [0.05, 0.1) is 31.2 Å². The number of hydrogen-bond acceptors (Lipinski definition) is 10. The molecule has 2 amide bonds. The Kier molecular flexibility index (Phi) is 19.7. The van der Waals surface area contributed by atoms with E-state index in [2.05, 4.69) is 53.2 Å². The minimum Gasteiger partial charge on any atom is -0.444 e. The highest BCUT2D eigenvalue weighted by Gasteiger charge is 2.22. The van der Waals surface area contributed by atoms with Gasteiger partial charge < -0.3 is 25.2 Å². The van der Waals surface area contributed by atoms with Crippen molar-refractivity contribution in [1.82, 2.24) is 10.6 Å². The molecule has 0 unspecified atom stereocenters. The molecule has 2 aromatic carbocycles. The molecule has 47 heavy (non-hydrogen) atoms. The second-order valence-corrected chi connectivity index (χ2v) is 18.5. The summed E-state index contributed by atoms with van der Waals surface area (Å²) in [6, 6.07) is 14.3. The van der Waals surface area contributed by atoms with Gasteiger partial charge in [0, 0.05) is 26.2 Å². The van der Waals surface area contributed by atoms with E-state index >= 15 is 0 Å². The van der Waals surface area contributed by atoms with Crippen molar-refractivity contribution in [2.45, 2.75) is 77.7 Å². The maximum atomic E-state index is 12.0. The second kappa shape index (κ2) is 20.5. The third-order valence-electron chi connectivity index (χ3n) is 5.05. The van der Waals surface area contributed by atoms with E-state index in [4.69, 9.17) is 18.8 Å². The van der Waals surface area contributed by atoms with Crippen LogP contribution in [0.2, 0.25) is 0 Å². The Balaban J connectivity index is 0.000000797. The van der Waals surface area contributed by atoms with Crippen molar-refractivity contribution in [3.63, 3.8) is 0 Å². The number of benzene rings is 2. The van der Waals surface area contributed by atoms with Crippen LogP contribution in [0, 0.1) is 0 Å². The molecule has 0 aromatic heterocycles. The Morgan fingerprint density at radius 2 is 1.06 bits per heavy atom. The van der Waals surface area contributed by atoms with Crippen molar-refractivity contribution >= 4 is 73.9 Å². The average molecular weight is 853 g/mol. The quantitative estimate of drug-likeness (QED) is 0.167. The molecule has 0 saturated heterocycles. The Morgan fingerprint density at radius 1 is 0.745 bits per heavy atom. The summed E-state index contributed by atoms with van der Waals surface area (Å²) >= 11 is 6.71. The summed E-state index contributed by atoms with van der Waals surface area (Å²) in [6.45, 7) is 10.7. The highest BCUT2D eigenvalue weighted by molar-refractivity contribution is 9.10. The summed E-state index contributed by atoms with van der Waals surface area (Å²) in [7, 11) is -2.21. The van der Waals surface area contributed by atoms with E-state index < -0.39 is 48.6 Å². The molecule has 17 heteroatoms. The van der Waals surface area contributed by atoms with Gasteiger partial charge in [0.25, 0.3) is 10.1 Å². The summed E-state index contributed by atoms with van der Waals surface area (Å²) in [6.07, 6.45) is 1.62. The van der Waals surface area contributed by atoms with Crippen LogP contribution in [-0.4, -0.2) is 71.1 Å². The lowest BCUT2D eigenvalue weighted by atomic mass is 10.0. The fourth-order valence-electron chi connectivity index (χ4n) is 3.38. The molecule has 0 radical (unpaired) electrons. The molecule has 0 aliphatic carbocycles. The first kappa shape index (κ1) is 45.0. The minimum absolute atomic E-state index is 0.00344. The number of aliphatic hydroxyl groups is 1. The molecule has 2 aromatic rings. The molecule has 0 heterocycles. The van der Waals surface area contributed by atoms with Gasteiger partial charge in [0.2, 0.25) is 9.05 Å². The molecule has 3 N–H and O–H groups in total. The van der Waals surface area contributed by atoms with E-state index in [1.807, 2.05) is 69.3 Å². The third kappa shape index (κ3) is 26.7. The van der Waals surface area contributed by atoms with Gasteiger partial charge in [-0.3, -0.25) is 4.18 Å². The monoisotopic (exact) mass is 850 g/mol. The number of carbonyl (C=O) groups is 2. The van der Waals surface area contributed by atoms with Gasteiger partial charge >= 0.3 is 12.2 Å². The van der Waals surface area contributed by atoms with Crippen LogP contribution in [0.4, 0.5) is 9.59 Å². The van der Waals surface area contributed by atoms with E-state index in [1.165, 1.54) is 0 Å². The van der Waals surface area contributed by atoms with Crippen LogP contribution in [0.1, 0.15) is 77.6 Å². The SMILES string of the molecule is CC(C)(C)OC(=O)N[C@H](CCO)c1ccc(Br)cc1.CC(C)(C)OC(=O)N[C@H](CCOS(C)(=O)=O)c1ccc(Br)cc1.CS(=O)(=O)Cl. The van der Waals surface area contributed by atoms with Gasteiger partial charge in [0.1, 0.15) is 11.2 Å². The van der Waals surface area contributed by atoms with Crippen LogP contribution >= 0.6 is 42.5 Å². The van der Waals surface area contributed by atoms with Crippen LogP contribution in [0.5, 0.6) is 0 Å². The van der Waals surface area contributed by atoms with E-state index in [0.717, 1.165) is 32.6 Å². The van der Waals surface area contributed by atoms with Crippen molar-refractivity contribution in [2.75, 3.05) is 25.7 Å². The molecule has 2 atom stereocenters. The fourth-order valence-corrected chi connectivity index (χ4v) is 4.31. The summed E-state index contributed by atoms with van der Waals surface area (Å²) in [4.78, 5) is 23.7. The molecule has 0 aliphatic heterocycles. The van der Waals surface area contributed by atoms with E-state index in [0.29, 0.717) is 12.8 Å². The number of rotatable bonds is 10. The Morgan fingerprint density at radius 3 is 1.34 bits per heavy atom. The van der Waals surface area contributed by atoms with Crippen molar-refractivity contribution in [3.8, 4) is 0 Å². The second-order valence-electron chi connectivity index (χ2n) is 12.0. The van der Waals surface area contributed by atoms with Crippen molar-refractivity contribution in [3.05, 3.63) is 68.6 Å². The first-order valence-electron chi connectivity index (χ1n) is 14.1. The normalized spacial score (nSPS) is 13.0. The van der Waals surface area contributed by atoms with Crippen molar-refractivity contribution < 1.29 is 45.2 Å². The van der Waals surface area contributed by atoms with Crippen molar-refractivity contribution in [1.29, 1.82) is 0 Å². The van der Waals surface area contributed by atoms with E-state index in [1.54, 1.807) is 20.8 Å². The number of halogens is 3. The molecule has 0 fully saturated rings. The number of hydrogen-bond donors (Lipinski definition) is 3. The van der Waals surface area contributed by atoms with Crippen LogP contribution in [0.25, 0.3) is 0 Å². The van der Waals surface area contributed by atoms with Gasteiger partial charge in [-0.1, -0.05) is 56.1 Å². The smallest absolute Gasteiger partial charge is 0.408 e. The molecular formula is C30H45Br2ClN2O10S2. The standard InChI is InChI=1S/C15H22BrNO5S.C14H20BrNO3.CH3ClO2S/c1-15(2,3)22-14(18)17-13(9-10-21-23(4,19)20)11-5-7-12(16)8-6-11;1-14(2,3)19-13(18)16-12(8-9-17)10-4-6-11(15)7-5-10;1-5(2,3)4/h5-8,13H,9-10H2,1-4H3,(H,17,18);4-7,12,17H,8-9H2,1-3H3,(H,16,18);1H3/t13-;12-;/m11./s1. The van der Waals surface area contributed by atoms with Gasteiger partial charge in [-0.05, 0) is 89.8 Å². The molecule has 2 rings (SSSR count). The zero-order valence-corrected chi connectivity index (χ0v) is 33.2. The van der Waals surface area contributed by atoms with Crippen LogP contribution in [0.3, 0.4) is 0 Å². The van der Waals surface area contributed by atoms with Gasteiger partial charge in [-0.2, -0.15) is 8.42 Å². The number of amides is 2. The zero-order valence-electron chi connectivity index (χ0n) is 27.7. The lowest BCUT2D eigenvalue weighted by molar-refractivity contribution is 0.0484. The van der Waals surface area contributed by atoms with Crippen LogP contribution < -0.4 is 10.6 Å². The average Bonchev–Trinajstić information content (AvgIpc) is 2.85. The number of alkyl carbamates (subject to hydrolysis) is 2. The highest BCUT2D eigenvalue weighted by atomic mass is 79.9. The first-order chi connectivity index (χ1) is 21.3. The van der Waals surface area contributed by atoms with Crippen LogP contribution in [0.15, 0.2) is 57.5 Å². The lowest BCUT2D eigenvalue weighted by Crippen LogP contribution is -2.35. The molecule has 0 saturated carbocycles. The topological polar surface area (TPSA) is 174 Å². The molecule has 0 aliphatic rings. The number of aliphatic hydroxyl groups excluding tert-OH is 1. The first-order valence-corrected chi connectivity index (χ1v) is 20.2. The Bertz CT molecular complexity index is 1450. The predicted molar refractivity (Wildman–Crippen MR) is 190 cm³/mol. The molecule has 268 valence electrons. The molecule has 0 spiro atoms. The maximum absolute atomic E-state index is 12.0. The summed E-state index contributed by atoms with van der Waals surface area (Å²) in [5, 5.41) is 14.6. The summed E-state index contributed by atoms with van der Waals surface area (Å²) in [5.74, 6) is 0. The van der Waals surface area contributed by atoms with Crippen LogP contribution in [-0.2, 0) is 32.8 Å². The minimum atomic E-state index is -3.52. The molecular weight excluding hydrogens is 808 g/mol. The summed E-state index contributed by atoms with van der Waals surface area (Å²) in [5.41, 5.74) is 0.616. The molecule has 0 bridgehead atoms. The van der Waals surface area contributed by atoms with Crippen molar-refractivity contribution in [2.24, 2.45) is 0 Å². The van der Waals surface area contributed by atoms with Gasteiger partial charge in [-0.15, -0.1) is 0 Å². The van der Waals surface area contributed by atoms with Gasteiger partial charge in [-0.25, -0.2) is 18.0 Å². The summed E-state index contributed by atoms with van der Waals surface area (Å²) < 4.78 is 58.0. The van der Waals surface area contributed by atoms with E-state index in [9.17, 15) is 26.4 Å².